The minimum absolute atomic E-state index is 0.0426. The Morgan fingerprint density at radius 1 is 0.804 bits per heavy atom. The number of amides is 4. The van der Waals surface area contributed by atoms with Gasteiger partial charge in [-0.25, -0.2) is 9.59 Å². The molecule has 4 rings (SSSR count). The number of urea groups is 1. The maximum Gasteiger partial charge on any atom is 0.407 e. The summed E-state index contributed by atoms with van der Waals surface area (Å²) in [5.41, 5.74) is 3.38. The average molecular weight is 697 g/mol. The van der Waals surface area contributed by atoms with Gasteiger partial charge in [-0.1, -0.05) is 80.6 Å². The average Bonchev–Trinajstić information content (AvgIpc) is 3.13. The first-order valence-electron chi connectivity index (χ1n) is 17.0. The molecule has 0 aliphatic rings. The van der Waals surface area contributed by atoms with Gasteiger partial charge in [0.15, 0.2) is 0 Å². The number of nitrogens with zero attached hydrogens (tertiary/aromatic N) is 3. The second-order valence-corrected chi connectivity index (χ2v) is 12.8. The fourth-order valence-corrected chi connectivity index (χ4v) is 5.60. The molecule has 0 unspecified atom stereocenters. The van der Waals surface area contributed by atoms with Gasteiger partial charge in [0.25, 0.3) is 0 Å². The van der Waals surface area contributed by atoms with Crippen molar-refractivity contribution in [3.63, 3.8) is 0 Å². The number of aliphatic hydroxyl groups excluding tert-OH is 1. The molecule has 12 heteroatoms. The third-order valence-corrected chi connectivity index (χ3v) is 8.36. The summed E-state index contributed by atoms with van der Waals surface area (Å²) in [6, 6.07) is 21.9. The van der Waals surface area contributed by atoms with Gasteiger partial charge in [-0.15, -0.1) is 0 Å². The van der Waals surface area contributed by atoms with E-state index in [1.54, 1.807) is 51.1 Å². The first-order chi connectivity index (χ1) is 24.6. The van der Waals surface area contributed by atoms with Crippen LogP contribution in [0, 0.1) is 5.92 Å². The van der Waals surface area contributed by atoms with Crippen LogP contribution in [0.15, 0.2) is 104 Å². The fourth-order valence-electron chi connectivity index (χ4n) is 5.60. The highest BCUT2D eigenvalue weighted by molar-refractivity contribution is 5.87. The zero-order valence-electron chi connectivity index (χ0n) is 29.6. The van der Waals surface area contributed by atoms with E-state index in [4.69, 9.17) is 9.47 Å². The van der Waals surface area contributed by atoms with E-state index in [1.807, 2.05) is 80.6 Å². The lowest BCUT2D eigenvalue weighted by Crippen LogP contribution is -2.57. The number of carbonyl (C=O) groups excluding carboxylic acids is 3. The summed E-state index contributed by atoms with van der Waals surface area (Å²) in [7, 11) is 3.18. The van der Waals surface area contributed by atoms with Crippen LogP contribution in [0.5, 0.6) is 5.75 Å². The molecule has 0 saturated carbocycles. The molecule has 2 aromatic heterocycles. The Labute approximate surface area is 299 Å². The molecule has 0 spiro atoms. The third-order valence-electron chi connectivity index (χ3n) is 8.36. The molecule has 0 aliphatic carbocycles. The standard InChI is InChI=1S/C39H48N6O6/c1-27(2)36(44-38(48)45(3)25-31-19-33(50-4)24-41-23-31)37(47)43-34(20-29-14-9-6-10-15-29)35(46)21-32(18-28-12-7-5-8-13-28)42-39(49)51-26-30-16-11-17-40-22-30/h5-17,19,22-24,27,32,34-36,46H,18,20-21,25-26H2,1-4H3,(H,42,49)(H,43,47)(H,44,48)/t32-,34-,35-,36-/m0/s1. The highest BCUT2D eigenvalue weighted by Gasteiger charge is 2.31. The van der Waals surface area contributed by atoms with Crippen LogP contribution >= 0.6 is 0 Å². The second kappa shape index (κ2) is 19.6. The Bertz CT molecular complexity index is 1660. The van der Waals surface area contributed by atoms with Gasteiger partial charge in [-0.3, -0.25) is 14.8 Å². The molecule has 0 bridgehead atoms. The molecule has 12 nitrogen and oxygen atoms in total. The molecule has 2 heterocycles. The van der Waals surface area contributed by atoms with Gasteiger partial charge in [-0.05, 0) is 54.0 Å². The molecular weight excluding hydrogens is 648 g/mol. The number of alkyl carbamates (subject to hydrolysis) is 1. The SMILES string of the molecule is COc1cncc(CN(C)C(=O)N[C@H](C(=O)N[C@@H](Cc2ccccc2)[C@@H](O)C[C@H](Cc2ccccc2)NC(=O)OCc2cccnc2)C(C)C)c1. The highest BCUT2D eigenvalue weighted by atomic mass is 16.5. The van der Waals surface area contributed by atoms with Crippen molar-refractivity contribution in [2.45, 2.75) is 70.5 Å². The van der Waals surface area contributed by atoms with E-state index in [9.17, 15) is 19.5 Å². The van der Waals surface area contributed by atoms with Gasteiger partial charge >= 0.3 is 12.1 Å². The summed E-state index contributed by atoms with van der Waals surface area (Å²) < 4.78 is 10.7. The van der Waals surface area contributed by atoms with Gasteiger partial charge in [-0.2, -0.15) is 0 Å². The number of methoxy groups -OCH3 is 1. The summed E-state index contributed by atoms with van der Waals surface area (Å²) in [4.78, 5) is 49.8. The number of pyridine rings is 2. The second-order valence-electron chi connectivity index (χ2n) is 12.8. The Balaban J connectivity index is 1.47. The van der Waals surface area contributed by atoms with Crippen LogP contribution in [0.25, 0.3) is 0 Å². The van der Waals surface area contributed by atoms with Crippen LogP contribution in [0.3, 0.4) is 0 Å². The number of benzene rings is 2. The summed E-state index contributed by atoms with van der Waals surface area (Å²) in [6.45, 7) is 3.98. The van der Waals surface area contributed by atoms with E-state index in [2.05, 4.69) is 25.9 Å². The first kappa shape index (κ1) is 38.3. The fraction of sp³-hybridized carbons (Fsp3) is 0.359. The monoisotopic (exact) mass is 696 g/mol. The van der Waals surface area contributed by atoms with Crippen LogP contribution in [-0.2, 0) is 35.5 Å². The number of nitrogens with one attached hydrogen (secondary N) is 3. The largest absolute Gasteiger partial charge is 0.495 e. The van der Waals surface area contributed by atoms with Crippen molar-refractivity contribution in [1.82, 2.24) is 30.8 Å². The first-order valence-corrected chi connectivity index (χ1v) is 17.0. The zero-order valence-corrected chi connectivity index (χ0v) is 29.6. The third kappa shape index (κ3) is 12.7. The minimum atomic E-state index is -1.08. The number of aliphatic hydroxyl groups is 1. The van der Waals surface area contributed by atoms with Crippen molar-refractivity contribution >= 4 is 18.0 Å². The number of aromatic nitrogens is 2. The van der Waals surface area contributed by atoms with Crippen LogP contribution in [0.2, 0.25) is 0 Å². The van der Waals surface area contributed by atoms with Crippen molar-refractivity contribution in [3.05, 3.63) is 126 Å². The maximum atomic E-state index is 13.9. The minimum Gasteiger partial charge on any atom is -0.495 e. The van der Waals surface area contributed by atoms with Gasteiger partial charge in [0.2, 0.25) is 5.91 Å². The van der Waals surface area contributed by atoms with E-state index in [-0.39, 0.29) is 25.5 Å². The molecule has 0 aliphatic heterocycles. The number of ether oxygens (including phenoxy) is 2. The molecule has 0 radical (unpaired) electrons. The normalized spacial score (nSPS) is 13.3. The lowest BCUT2D eigenvalue weighted by Gasteiger charge is -2.31. The molecule has 4 aromatic rings. The maximum absolute atomic E-state index is 13.9. The van der Waals surface area contributed by atoms with Gasteiger partial charge in [0.1, 0.15) is 18.4 Å². The van der Waals surface area contributed by atoms with Crippen molar-refractivity contribution in [2.24, 2.45) is 5.92 Å². The number of hydrogen-bond donors (Lipinski definition) is 4. The van der Waals surface area contributed by atoms with Crippen LogP contribution < -0.4 is 20.7 Å². The van der Waals surface area contributed by atoms with Gasteiger partial charge < -0.3 is 35.4 Å². The van der Waals surface area contributed by atoms with Crippen molar-refractivity contribution in [1.29, 1.82) is 0 Å². The molecule has 4 N–H and O–H groups in total. The van der Waals surface area contributed by atoms with Crippen LogP contribution in [0.1, 0.15) is 42.5 Å². The Morgan fingerprint density at radius 3 is 2.08 bits per heavy atom. The van der Waals surface area contributed by atoms with E-state index < -0.39 is 42.3 Å². The van der Waals surface area contributed by atoms with E-state index in [0.717, 1.165) is 22.3 Å². The Hall–Kier alpha value is -5.49. The van der Waals surface area contributed by atoms with Gasteiger partial charge in [0.05, 0.1) is 25.5 Å². The number of hydrogen-bond acceptors (Lipinski definition) is 8. The van der Waals surface area contributed by atoms with Crippen molar-refractivity contribution in [3.8, 4) is 5.75 Å². The zero-order chi connectivity index (χ0) is 36.6. The van der Waals surface area contributed by atoms with Crippen molar-refractivity contribution in [2.75, 3.05) is 14.2 Å². The number of rotatable bonds is 17. The lowest BCUT2D eigenvalue weighted by molar-refractivity contribution is -0.125. The molecule has 51 heavy (non-hydrogen) atoms. The topological polar surface area (TPSA) is 155 Å². The molecule has 270 valence electrons. The molecular formula is C39H48N6O6. The summed E-state index contributed by atoms with van der Waals surface area (Å²) >= 11 is 0. The smallest absolute Gasteiger partial charge is 0.407 e. The summed E-state index contributed by atoms with van der Waals surface area (Å²) in [6.07, 6.45) is 5.64. The Kier molecular flexibility index (Phi) is 14.8. The molecule has 4 amide bonds. The summed E-state index contributed by atoms with van der Waals surface area (Å²) in [5.74, 6) is -0.123. The molecule has 2 aromatic carbocycles. The van der Waals surface area contributed by atoms with E-state index >= 15 is 0 Å². The van der Waals surface area contributed by atoms with Crippen molar-refractivity contribution < 1.29 is 29.0 Å². The van der Waals surface area contributed by atoms with Crippen LogP contribution in [0.4, 0.5) is 9.59 Å². The molecule has 4 atom stereocenters. The van der Waals surface area contributed by atoms with Crippen LogP contribution in [-0.4, -0.2) is 76.4 Å². The number of carbonyl (C=O) groups is 3. The Morgan fingerprint density at radius 2 is 1.45 bits per heavy atom. The highest BCUT2D eigenvalue weighted by Crippen LogP contribution is 2.16. The molecule has 0 saturated heterocycles. The van der Waals surface area contributed by atoms with E-state index in [0.29, 0.717) is 18.6 Å². The van der Waals surface area contributed by atoms with Gasteiger partial charge in [0, 0.05) is 43.8 Å². The quantitative estimate of drug-likeness (QED) is 0.124. The molecule has 0 fully saturated rings. The van der Waals surface area contributed by atoms with E-state index in [1.165, 1.54) is 4.90 Å². The lowest BCUT2D eigenvalue weighted by atomic mass is 9.93. The summed E-state index contributed by atoms with van der Waals surface area (Å²) in [5, 5.41) is 20.6. The predicted molar refractivity (Wildman–Crippen MR) is 194 cm³/mol. The predicted octanol–water partition coefficient (Wildman–Crippen LogP) is 4.67.